The first-order valence-corrected chi connectivity index (χ1v) is 15.6. The fourth-order valence-electron chi connectivity index (χ4n) is 6.69. The van der Waals surface area contributed by atoms with Crippen molar-refractivity contribution in [3.05, 3.63) is 142 Å². The van der Waals surface area contributed by atoms with Crippen molar-refractivity contribution in [2.24, 2.45) is 0 Å². The van der Waals surface area contributed by atoms with E-state index in [1.165, 1.54) is 55.7 Å². The molecule has 0 aliphatic heterocycles. The van der Waals surface area contributed by atoms with E-state index in [0.717, 1.165) is 24.0 Å². The molecule has 0 saturated heterocycles. The third-order valence-electron chi connectivity index (χ3n) is 8.52. The van der Waals surface area contributed by atoms with Gasteiger partial charge in [-0.25, -0.2) is 0 Å². The molecule has 0 aromatic heterocycles. The van der Waals surface area contributed by atoms with Gasteiger partial charge in [-0.1, -0.05) is 111 Å². The SMILES string of the molecule is CCc1ccccc1C1=C(C)c2ccccc2C1(Cl)[Si]C1(Cl)C(c2ccccc2CC)=C(C)c2ccccc21. The molecule has 2 radical (unpaired) electrons. The van der Waals surface area contributed by atoms with Crippen molar-refractivity contribution in [3.8, 4) is 0 Å². The summed E-state index contributed by atoms with van der Waals surface area (Å²) in [6, 6.07) is 34.7. The van der Waals surface area contributed by atoms with Gasteiger partial charge >= 0.3 is 0 Å². The minimum atomic E-state index is -0.766. The molecule has 0 saturated carbocycles. The van der Waals surface area contributed by atoms with Gasteiger partial charge in [-0.05, 0) is 93.5 Å². The molecule has 0 bridgehead atoms. The summed E-state index contributed by atoms with van der Waals surface area (Å²) in [7, 11) is 0.174. The van der Waals surface area contributed by atoms with Crippen molar-refractivity contribution >= 4 is 55.0 Å². The second-order valence-electron chi connectivity index (χ2n) is 10.6. The molecular formula is C36H32Cl2Si. The normalized spacial score (nSPS) is 21.9. The highest BCUT2D eigenvalue weighted by Gasteiger charge is 2.54. The van der Waals surface area contributed by atoms with Crippen LogP contribution in [0.1, 0.15) is 72.2 Å². The summed E-state index contributed by atoms with van der Waals surface area (Å²) in [5.41, 5.74) is 14.8. The number of benzene rings is 4. The molecular weight excluding hydrogens is 531 g/mol. The van der Waals surface area contributed by atoms with Gasteiger partial charge in [0.1, 0.15) is 9.52 Å². The van der Waals surface area contributed by atoms with Crippen molar-refractivity contribution in [1.29, 1.82) is 0 Å². The van der Waals surface area contributed by atoms with Crippen LogP contribution < -0.4 is 0 Å². The van der Waals surface area contributed by atoms with Gasteiger partial charge in [0.05, 0.1) is 8.99 Å². The zero-order valence-corrected chi connectivity index (χ0v) is 25.4. The molecule has 0 amide bonds. The lowest BCUT2D eigenvalue weighted by Gasteiger charge is -2.37. The summed E-state index contributed by atoms with van der Waals surface area (Å²) in [6.07, 6.45) is 1.89. The smallest absolute Gasteiger partial charge is 0.113 e. The van der Waals surface area contributed by atoms with E-state index < -0.39 is 8.99 Å². The Kier molecular flexibility index (Phi) is 6.74. The number of hydrogen-bond acceptors (Lipinski definition) is 0. The molecule has 2 aliphatic carbocycles. The molecule has 0 spiro atoms. The van der Waals surface area contributed by atoms with Crippen LogP contribution in [0.5, 0.6) is 0 Å². The average molecular weight is 564 g/mol. The number of hydrogen-bond donors (Lipinski definition) is 0. The molecule has 0 fully saturated rings. The van der Waals surface area contributed by atoms with Gasteiger partial charge in [0.25, 0.3) is 0 Å². The van der Waals surface area contributed by atoms with Crippen LogP contribution in [0, 0.1) is 0 Å². The van der Waals surface area contributed by atoms with Crippen LogP contribution in [0.4, 0.5) is 0 Å². The highest BCUT2D eigenvalue weighted by Crippen LogP contribution is 2.61. The topological polar surface area (TPSA) is 0 Å². The largest absolute Gasteiger partial charge is 0.119 e. The number of halogens is 2. The van der Waals surface area contributed by atoms with Crippen LogP contribution in [-0.2, 0) is 21.8 Å². The minimum Gasteiger partial charge on any atom is -0.113 e. The Hall–Kier alpha value is -2.84. The van der Waals surface area contributed by atoms with Crippen LogP contribution in [0.3, 0.4) is 0 Å². The number of alkyl halides is 2. The molecule has 0 heterocycles. The maximum atomic E-state index is 8.08. The molecule has 39 heavy (non-hydrogen) atoms. The van der Waals surface area contributed by atoms with Gasteiger partial charge in [0.2, 0.25) is 0 Å². The van der Waals surface area contributed by atoms with E-state index in [1.807, 2.05) is 0 Å². The summed E-state index contributed by atoms with van der Waals surface area (Å²) < 4.78 is -1.53. The van der Waals surface area contributed by atoms with Gasteiger partial charge < -0.3 is 0 Å². The number of aryl methyl sites for hydroxylation is 2. The Morgan fingerprint density at radius 3 is 1.23 bits per heavy atom. The lowest BCUT2D eigenvalue weighted by atomic mass is 9.93. The van der Waals surface area contributed by atoms with Crippen LogP contribution in [0.2, 0.25) is 0 Å². The van der Waals surface area contributed by atoms with E-state index in [-0.39, 0.29) is 9.52 Å². The maximum Gasteiger partial charge on any atom is 0.119 e. The molecule has 6 rings (SSSR count). The van der Waals surface area contributed by atoms with Gasteiger partial charge in [0, 0.05) is 0 Å². The highest BCUT2D eigenvalue weighted by molar-refractivity contribution is 6.74. The fourth-order valence-corrected chi connectivity index (χ4v) is 10.6. The quantitative estimate of drug-likeness (QED) is 0.162. The van der Waals surface area contributed by atoms with E-state index in [1.54, 1.807) is 0 Å². The van der Waals surface area contributed by atoms with E-state index >= 15 is 0 Å². The van der Waals surface area contributed by atoms with Crippen molar-refractivity contribution in [1.82, 2.24) is 0 Å². The lowest BCUT2D eigenvalue weighted by Crippen LogP contribution is -2.40. The molecule has 2 aliphatic rings. The Bertz CT molecular complexity index is 1540. The van der Waals surface area contributed by atoms with Crippen LogP contribution in [0.15, 0.2) is 97.1 Å². The molecule has 2 atom stereocenters. The van der Waals surface area contributed by atoms with E-state index in [4.69, 9.17) is 23.2 Å². The third-order valence-corrected chi connectivity index (χ3v) is 11.6. The summed E-state index contributed by atoms with van der Waals surface area (Å²) in [5, 5.41) is 0. The summed E-state index contributed by atoms with van der Waals surface area (Å²) in [5.74, 6) is 0. The Morgan fingerprint density at radius 2 is 0.846 bits per heavy atom. The molecule has 194 valence electrons. The zero-order chi connectivity index (χ0) is 27.4. The highest BCUT2D eigenvalue weighted by atomic mass is 35.5. The predicted molar refractivity (Wildman–Crippen MR) is 170 cm³/mol. The van der Waals surface area contributed by atoms with Gasteiger partial charge in [-0.15, -0.1) is 23.2 Å². The van der Waals surface area contributed by atoms with E-state index in [9.17, 15) is 0 Å². The Morgan fingerprint density at radius 1 is 0.513 bits per heavy atom. The maximum absolute atomic E-state index is 8.08. The second kappa shape index (κ2) is 9.97. The first-order valence-electron chi connectivity index (χ1n) is 13.8. The predicted octanol–water partition coefficient (Wildman–Crippen LogP) is 9.89. The molecule has 4 aromatic rings. The average Bonchev–Trinajstić information content (AvgIpc) is 3.32. The monoisotopic (exact) mass is 562 g/mol. The van der Waals surface area contributed by atoms with Crippen molar-refractivity contribution in [3.63, 3.8) is 0 Å². The summed E-state index contributed by atoms with van der Waals surface area (Å²) in [6.45, 7) is 8.90. The van der Waals surface area contributed by atoms with Crippen LogP contribution >= 0.6 is 23.2 Å². The number of fused-ring (bicyclic) bond motifs is 2. The standard InChI is InChI=1S/C36H32Cl2Si/c1-5-25-15-7-9-19-29(25)33-23(3)27-17-11-13-21-31(27)35(33,37)39-36(38)32-22-14-12-18-28(32)24(4)34(36)30-20-10-8-16-26(30)6-2/h7-22H,5-6H2,1-4H3. The van der Waals surface area contributed by atoms with E-state index in [0.29, 0.717) is 0 Å². The minimum absolute atomic E-state index is 0.174. The molecule has 3 heteroatoms. The van der Waals surface area contributed by atoms with Gasteiger partial charge in [0.15, 0.2) is 0 Å². The Balaban J connectivity index is 1.62. The Labute approximate surface area is 245 Å². The second-order valence-corrected chi connectivity index (χ2v) is 14.1. The van der Waals surface area contributed by atoms with Crippen molar-refractivity contribution in [2.75, 3.05) is 0 Å². The molecule has 4 aromatic carbocycles. The fraction of sp³-hybridized carbons (Fsp3) is 0.222. The molecule has 0 nitrogen and oxygen atoms in total. The molecule has 2 unspecified atom stereocenters. The van der Waals surface area contributed by atoms with Gasteiger partial charge in [-0.2, -0.15) is 0 Å². The third kappa shape index (κ3) is 3.93. The van der Waals surface area contributed by atoms with E-state index in [2.05, 4.69) is 125 Å². The summed E-state index contributed by atoms with van der Waals surface area (Å²) >= 11 is 16.2. The number of allylic oxidation sites excluding steroid dienone is 4. The van der Waals surface area contributed by atoms with Gasteiger partial charge in [-0.3, -0.25) is 0 Å². The first-order chi connectivity index (χ1) is 18.8. The van der Waals surface area contributed by atoms with Crippen molar-refractivity contribution in [2.45, 2.75) is 49.5 Å². The zero-order valence-electron chi connectivity index (χ0n) is 22.9. The van der Waals surface area contributed by atoms with Crippen molar-refractivity contribution < 1.29 is 0 Å². The van der Waals surface area contributed by atoms with Crippen LogP contribution in [0.25, 0.3) is 22.3 Å². The molecule has 0 N–H and O–H groups in total. The number of rotatable bonds is 6. The lowest BCUT2D eigenvalue weighted by molar-refractivity contribution is 1.02. The van der Waals surface area contributed by atoms with Crippen LogP contribution in [-0.4, -0.2) is 9.52 Å². The summed E-state index contributed by atoms with van der Waals surface area (Å²) in [4.78, 5) is 0. The first kappa shape index (κ1) is 26.4.